The van der Waals surface area contributed by atoms with Gasteiger partial charge in [0, 0.05) is 6.07 Å². The molecule has 3 aromatic rings. The predicted octanol–water partition coefficient (Wildman–Crippen LogP) is 2.69. The first-order chi connectivity index (χ1) is 13.0. The maximum atomic E-state index is 12.3. The van der Waals surface area contributed by atoms with Crippen molar-refractivity contribution in [2.45, 2.75) is 20.4 Å². The van der Waals surface area contributed by atoms with Gasteiger partial charge in [0.25, 0.3) is 5.56 Å². The van der Waals surface area contributed by atoms with E-state index in [2.05, 4.69) is 16.4 Å². The summed E-state index contributed by atoms with van der Waals surface area (Å²) >= 11 is 0. The van der Waals surface area contributed by atoms with Crippen molar-refractivity contribution in [1.82, 2.24) is 9.55 Å². The molecule has 0 amide bonds. The molecule has 0 fully saturated rings. The van der Waals surface area contributed by atoms with Crippen molar-refractivity contribution >= 4 is 5.82 Å². The summed E-state index contributed by atoms with van der Waals surface area (Å²) in [6.45, 7) is 5.16. The molecule has 3 rings (SSSR count). The molecule has 2 aromatic carbocycles. The molecule has 1 heterocycles. The topological polar surface area (TPSA) is 76.1 Å². The van der Waals surface area contributed by atoms with Crippen molar-refractivity contribution in [1.29, 1.82) is 0 Å². The standard InChI is InChI=1S/C21H23N3O3/c1-15-10-16(2)12-18(11-15)27-9-8-22-19-13-20(25)24(21(26)23-19)14-17-6-4-3-5-7-17/h3-7,10-13,22H,8-9,14H2,1-2H3,(H,23,26). The van der Waals surface area contributed by atoms with E-state index in [1.807, 2.05) is 56.3 Å². The third kappa shape index (κ3) is 5.10. The van der Waals surface area contributed by atoms with E-state index < -0.39 is 5.69 Å². The minimum Gasteiger partial charge on any atom is -0.492 e. The SMILES string of the molecule is Cc1cc(C)cc(OCCNc2cc(=O)n(Cc3ccccc3)c(=O)[nH]2)c1. The van der Waals surface area contributed by atoms with Gasteiger partial charge in [0.05, 0.1) is 13.1 Å². The summed E-state index contributed by atoms with van der Waals surface area (Å²) in [6, 6.07) is 16.8. The fourth-order valence-corrected chi connectivity index (χ4v) is 2.90. The second-order valence-electron chi connectivity index (χ2n) is 6.50. The lowest BCUT2D eigenvalue weighted by Crippen LogP contribution is -2.35. The first-order valence-electron chi connectivity index (χ1n) is 8.84. The van der Waals surface area contributed by atoms with Crippen LogP contribution in [0, 0.1) is 13.8 Å². The minimum atomic E-state index is -0.441. The number of nitrogens with zero attached hydrogens (tertiary/aromatic N) is 1. The molecular formula is C21H23N3O3. The number of hydrogen-bond donors (Lipinski definition) is 2. The third-order valence-corrected chi connectivity index (χ3v) is 4.09. The number of nitrogens with one attached hydrogen (secondary N) is 2. The van der Waals surface area contributed by atoms with Gasteiger partial charge < -0.3 is 10.1 Å². The summed E-state index contributed by atoms with van der Waals surface area (Å²) in [4.78, 5) is 27.2. The minimum absolute atomic E-state index is 0.241. The molecule has 0 aliphatic rings. The van der Waals surface area contributed by atoms with Crippen LogP contribution in [0.2, 0.25) is 0 Å². The Morgan fingerprint density at radius 3 is 2.37 bits per heavy atom. The Hall–Kier alpha value is -3.28. The van der Waals surface area contributed by atoms with E-state index in [9.17, 15) is 9.59 Å². The van der Waals surface area contributed by atoms with Gasteiger partial charge in [0.15, 0.2) is 0 Å². The van der Waals surface area contributed by atoms with E-state index in [1.54, 1.807) is 0 Å². The normalized spacial score (nSPS) is 10.6. The Bertz CT molecular complexity index is 971. The highest BCUT2D eigenvalue weighted by Crippen LogP contribution is 2.15. The third-order valence-electron chi connectivity index (χ3n) is 4.09. The van der Waals surface area contributed by atoms with Gasteiger partial charge in [-0.3, -0.25) is 14.3 Å². The van der Waals surface area contributed by atoms with Crippen molar-refractivity contribution in [3.63, 3.8) is 0 Å². The van der Waals surface area contributed by atoms with Gasteiger partial charge in [-0.2, -0.15) is 0 Å². The molecule has 0 aliphatic heterocycles. The van der Waals surface area contributed by atoms with E-state index in [0.717, 1.165) is 22.4 Å². The van der Waals surface area contributed by atoms with Crippen molar-refractivity contribution < 1.29 is 4.74 Å². The van der Waals surface area contributed by atoms with Crippen molar-refractivity contribution in [3.05, 3.63) is 92.1 Å². The fraction of sp³-hybridized carbons (Fsp3) is 0.238. The average molecular weight is 365 g/mol. The summed E-state index contributed by atoms with van der Waals surface area (Å²) in [5.74, 6) is 1.19. The van der Waals surface area contributed by atoms with Crippen LogP contribution in [0.25, 0.3) is 0 Å². The largest absolute Gasteiger partial charge is 0.492 e. The van der Waals surface area contributed by atoms with Crippen LogP contribution in [-0.2, 0) is 6.54 Å². The Kier molecular flexibility index (Phi) is 5.76. The first kappa shape index (κ1) is 18.5. The number of aromatic amines is 1. The molecule has 0 atom stereocenters. The summed E-state index contributed by atoms with van der Waals surface area (Å²) in [5, 5.41) is 3.02. The zero-order valence-corrected chi connectivity index (χ0v) is 15.5. The molecule has 6 heteroatoms. The van der Waals surface area contributed by atoms with Crippen LogP contribution in [0.15, 0.2) is 64.2 Å². The fourth-order valence-electron chi connectivity index (χ4n) is 2.90. The Morgan fingerprint density at radius 2 is 1.70 bits per heavy atom. The number of anilines is 1. The van der Waals surface area contributed by atoms with Gasteiger partial charge in [0.1, 0.15) is 18.2 Å². The van der Waals surface area contributed by atoms with Crippen molar-refractivity contribution in [3.8, 4) is 5.75 Å². The molecule has 6 nitrogen and oxygen atoms in total. The number of ether oxygens (including phenoxy) is 1. The summed E-state index contributed by atoms with van der Waals surface area (Å²) in [5.41, 5.74) is 2.39. The van der Waals surface area contributed by atoms with Crippen LogP contribution in [0.5, 0.6) is 5.75 Å². The van der Waals surface area contributed by atoms with Crippen LogP contribution >= 0.6 is 0 Å². The zero-order valence-electron chi connectivity index (χ0n) is 15.5. The summed E-state index contributed by atoms with van der Waals surface area (Å²) in [6.07, 6.45) is 0. The maximum Gasteiger partial charge on any atom is 0.330 e. The molecule has 0 aliphatic carbocycles. The van der Waals surface area contributed by atoms with Crippen LogP contribution in [0.3, 0.4) is 0 Å². The highest BCUT2D eigenvalue weighted by atomic mass is 16.5. The van der Waals surface area contributed by atoms with Crippen molar-refractivity contribution in [2.75, 3.05) is 18.5 Å². The number of benzene rings is 2. The predicted molar refractivity (Wildman–Crippen MR) is 107 cm³/mol. The van der Waals surface area contributed by atoms with E-state index in [1.165, 1.54) is 10.6 Å². The molecule has 0 bridgehead atoms. The van der Waals surface area contributed by atoms with Crippen LogP contribution in [0.4, 0.5) is 5.82 Å². The lowest BCUT2D eigenvalue weighted by atomic mass is 10.1. The molecule has 2 N–H and O–H groups in total. The molecule has 0 radical (unpaired) electrons. The molecule has 140 valence electrons. The highest BCUT2D eigenvalue weighted by Gasteiger charge is 2.05. The smallest absolute Gasteiger partial charge is 0.330 e. The molecular weight excluding hydrogens is 342 g/mol. The van der Waals surface area contributed by atoms with Crippen molar-refractivity contribution in [2.24, 2.45) is 0 Å². The number of aryl methyl sites for hydroxylation is 2. The molecule has 0 saturated heterocycles. The monoisotopic (exact) mass is 365 g/mol. The van der Waals surface area contributed by atoms with E-state index in [0.29, 0.717) is 19.0 Å². The number of rotatable bonds is 7. The van der Waals surface area contributed by atoms with Gasteiger partial charge in [-0.25, -0.2) is 4.79 Å². The van der Waals surface area contributed by atoms with Gasteiger partial charge in [-0.05, 0) is 42.7 Å². The van der Waals surface area contributed by atoms with Gasteiger partial charge >= 0.3 is 5.69 Å². The second-order valence-corrected chi connectivity index (χ2v) is 6.50. The van der Waals surface area contributed by atoms with Gasteiger partial charge in [0.2, 0.25) is 0 Å². The molecule has 27 heavy (non-hydrogen) atoms. The highest BCUT2D eigenvalue weighted by molar-refractivity contribution is 5.34. The van der Waals surface area contributed by atoms with Crippen LogP contribution in [0.1, 0.15) is 16.7 Å². The zero-order chi connectivity index (χ0) is 19.2. The quantitative estimate of drug-likeness (QED) is 0.631. The van der Waals surface area contributed by atoms with E-state index >= 15 is 0 Å². The number of hydrogen-bond acceptors (Lipinski definition) is 4. The Morgan fingerprint density at radius 1 is 1.00 bits per heavy atom. The molecule has 0 unspecified atom stereocenters. The van der Waals surface area contributed by atoms with Crippen LogP contribution < -0.4 is 21.3 Å². The molecule has 0 spiro atoms. The number of H-pyrrole nitrogens is 1. The molecule has 1 aromatic heterocycles. The summed E-state index contributed by atoms with van der Waals surface area (Å²) in [7, 11) is 0. The lowest BCUT2D eigenvalue weighted by molar-refractivity contribution is 0.332. The maximum absolute atomic E-state index is 12.3. The lowest BCUT2D eigenvalue weighted by Gasteiger charge is -2.11. The average Bonchev–Trinajstić information content (AvgIpc) is 2.62. The van der Waals surface area contributed by atoms with E-state index in [4.69, 9.17) is 4.74 Å². The van der Waals surface area contributed by atoms with Gasteiger partial charge in [-0.1, -0.05) is 36.4 Å². The molecule has 0 saturated carbocycles. The second kappa shape index (κ2) is 8.40. The Balaban J connectivity index is 1.59. The number of aromatic nitrogens is 2. The van der Waals surface area contributed by atoms with E-state index in [-0.39, 0.29) is 12.1 Å². The summed E-state index contributed by atoms with van der Waals surface area (Å²) < 4.78 is 6.89. The first-order valence-corrected chi connectivity index (χ1v) is 8.84. The van der Waals surface area contributed by atoms with Crippen LogP contribution in [-0.4, -0.2) is 22.7 Å². The van der Waals surface area contributed by atoms with Gasteiger partial charge in [-0.15, -0.1) is 0 Å². The Labute approximate surface area is 157 Å².